The zero-order valence-corrected chi connectivity index (χ0v) is 14.9. The second kappa shape index (κ2) is 8.13. The maximum absolute atomic E-state index is 12.3. The van der Waals surface area contributed by atoms with Crippen LogP contribution in [0, 0.1) is 0 Å². The Kier molecular flexibility index (Phi) is 6.44. The Morgan fingerprint density at radius 1 is 1.35 bits per heavy atom. The molecular weight excluding hydrogens is 336 g/mol. The summed E-state index contributed by atoms with van der Waals surface area (Å²) < 4.78 is 23.1. The molecule has 0 radical (unpaired) electrons. The summed E-state index contributed by atoms with van der Waals surface area (Å²) in [7, 11) is -2.97. The number of nitrogens with zero attached hydrogens (tertiary/aromatic N) is 1. The third kappa shape index (κ3) is 5.48. The first kappa shape index (κ1) is 18.2. The van der Waals surface area contributed by atoms with Crippen LogP contribution in [0.5, 0.6) is 0 Å². The molecule has 1 aromatic rings. The van der Waals surface area contributed by atoms with Crippen LogP contribution in [-0.4, -0.2) is 56.4 Å². The van der Waals surface area contributed by atoms with E-state index in [2.05, 4.69) is 5.32 Å². The Balaban J connectivity index is 1.75. The maximum Gasteiger partial charge on any atom is 0.236 e. The Bertz CT molecular complexity index is 631. The standard InChI is InChI=1S/C16H23ClN2O3S/c1-2-19(15-8-10-23(21,22)12-15)16(20)11-18-9-7-13-3-5-14(17)6-4-13/h3-6,15,18H,2,7-12H2,1H3. The summed E-state index contributed by atoms with van der Waals surface area (Å²) in [6.07, 6.45) is 1.36. The molecule has 1 unspecified atom stereocenters. The van der Waals surface area contributed by atoms with Gasteiger partial charge in [0.05, 0.1) is 18.1 Å². The van der Waals surface area contributed by atoms with Gasteiger partial charge in [-0.2, -0.15) is 0 Å². The van der Waals surface area contributed by atoms with E-state index >= 15 is 0 Å². The van der Waals surface area contributed by atoms with Crippen molar-refractivity contribution < 1.29 is 13.2 Å². The molecule has 1 fully saturated rings. The van der Waals surface area contributed by atoms with Gasteiger partial charge in [0.15, 0.2) is 9.84 Å². The minimum absolute atomic E-state index is 0.0364. The lowest BCUT2D eigenvalue weighted by Gasteiger charge is -2.27. The lowest BCUT2D eigenvalue weighted by Crippen LogP contribution is -2.45. The summed E-state index contributed by atoms with van der Waals surface area (Å²) in [5.74, 6) is 0.244. The zero-order valence-electron chi connectivity index (χ0n) is 13.3. The molecule has 0 spiro atoms. The van der Waals surface area contributed by atoms with Crippen LogP contribution in [-0.2, 0) is 21.1 Å². The van der Waals surface area contributed by atoms with Crippen molar-refractivity contribution in [2.45, 2.75) is 25.8 Å². The predicted octanol–water partition coefficient (Wildman–Crippen LogP) is 1.51. The summed E-state index contributed by atoms with van der Waals surface area (Å²) in [4.78, 5) is 14.0. The Hall–Kier alpha value is -1.11. The Labute approximate surface area is 142 Å². The van der Waals surface area contributed by atoms with Crippen LogP contribution in [0.4, 0.5) is 0 Å². The molecule has 7 heteroatoms. The van der Waals surface area contributed by atoms with Crippen LogP contribution >= 0.6 is 11.6 Å². The minimum atomic E-state index is -2.97. The van der Waals surface area contributed by atoms with Crippen molar-refractivity contribution in [1.82, 2.24) is 10.2 Å². The number of rotatable bonds is 7. The molecule has 1 N–H and O–H groups in total. The molecular formula is C16H23ClN2O3S. The van der Waals surface area contributed by atoms with Crippen LogP contribution < -0.4 is 5.32 Å². The average Bonchev–Trinajstić information content (AvgIpc) is 2.86. The molecule has 1 atom stereocenters. The number of carbonyl (C=O) groups is 1. The average molecular weight is 359 g/mol. The van der Waals surface area contributed by atoms with E-state index < -0.39 is 9.84 Å². The second-order valence-electron chi connectivity index (χ2n) is 5.79. The maximum atomic E-state index is 12.3. The Morgan fingerprint density at radius 3 is 2.61 bits per heavy atom. The predicted molar refractivity (Wildman–Crippen MR) is 92.5 cm³/mol. The van der Waals surface area contributed by atoms with E-state index in [-0.39, 0.29) is 30.0 Å². The first-order valence-corrected chi connectivity index (χ1v) is 10.1. The number of benzene rings is 1. The first-order valence-electron chi connectivity index (χ1n) is 7.86. The molecule has 1 aliphatic rings. The molecule has 1 aromatic carbocycles. The summed E-state index contributed by atoms with van der Waals surface area (Å²) in [6.45, 7) is 3.35. The SMILES string of the molecule is CCN(C(=O)CNCCc1ccc(Cl)cc1)C1CCS(=O)(=O)C1. The highest BCUT2D eigenvalue weighted by Crippen LogP contribution is 2.17. The van der Waals surface area contributed by atoms with Gasteiger partial charge in [0.2, 0.25) is 5.91 Å². The summed E-state index contributed by atoms with van der Waals surface area (Å²) >= 11 is 5.84. The molecule has 0 saturated carbocycles. The molecule has 128 valence electrons. The third-order valence-corrected chi connectivity index (χ3v) is 6.09. The van der Waals surface area contributed by atoms with Crippen molar-refractivity contribution >= 4 is 27.3 Å². The van der Waals surface area contributed by atoms with E-state index in [4.69, 9.17) is 11.6 Å². The van der Waals surface area contributed by atoms with Gasteiger partial charge >= 0.3 is 0 Å². The van der Waals surface area contributed by atoms with Gasteiger partial charge in [-0.3, -0.25) is 4.79 Å². The molecule has 1 aliphatic heterocycles. The highest BCUT2D eigenvalue weighted by Gasteiger charge is 2.33. The summed E-state index contributed by atoms with van der Waals surface area (Å²) in [5, 5.41) is 3.84. The third-order valence-electron chi connectivity index (χ3n) is 4.09. The van der Waals surface area contributed by atoms with Crippen molar-refractivity contribution in [2.75, 3.05) is 31.1 Å². The van der Waals surface area contributed by atoms with Crippen LogP contribution in [0.15, 0.2) is 24.3 Å². The van der Waals surface area contributed by atoms with E-state index in [0.29, 0.717) is 24.5 Å². The molecule has 5 nitrogen and oxygen atoms in total. The van der Waals surface area contributed by atoms with Gasteiger partial charge in [-0.25, -0.2) is 8.42 Å². The van der Waals surface area contributed by atoms with Crippen LogP contribution in [0.25, 0.3) is 0 Å². The highest BCUT2D eigenvalue weighted by atomic mass is 35.5. The highest BCUT2D eigenvalue weighted by molar-refractivity contribution is 7.91. The molecule has 1 saturated heterocycles. The number of hydrogen-bond acceptors (Lipinski definition) is 4. The van der Waals surface area contributed by atoms with Crippen molar-refractivity contribution in [2.24, 2.45) is 0 Å². The molecule has 0 bridgehead atoms. The lowest BCUT2D eigenvalue weighted by atomic mass is 10.1. The fourth-order valence-electron chi connectivity index (χ4n) is 2.84. The van der Waals surface area contributed by atoms with Gasteiger partial charge in [0.1, 0.15) is 0 Å². The Morgan fingerprint density at radius 2 is 2.04 bits per heavy atom. The van der Waals surface area contributed by atoms with Crippen LogP contribution in [0.1, 0.15) is 18.9 Å². The molecule has 0 aromatic heterocycles. The smallest absolute Gasteiger partial charge is 0.236 e. The summed E-state index contributed by atoms with van der Waals surface area (Å²) in [5.41, 5.74) is 1.16. The van der Waals surface area contributed by atoms with Gasteiger partial charge in [-0.1, -0.05) is 23.7 Å². The van der Waals surface area contributed by atoms with Crippen molar-refractivity contribution in [3.05, 3.63) is 34.9 Å². The van der Waals surface area contributed by atoms with Crippen LogP contribution in [0.2, 0.25) is 5.02 Å². The van der Waals surface area contributed by atoms with Crippen molar-refractivity contribution in [3.63, 3.8) is 0 Å². The minimum Gasteiger partial charge on any atom is -0.338 e. The number of amides is 1. The fourth-order valence-corrected chi connectivity index (χ4v) is 4.70. The molecule has 1 heterocycles. The largest absolute Gasteiger partial charge is 0.338 e. The van der Waals surface area contributed by atoms with Gasteiger partial charge in [-0.15, -0.1) is 0 Å². The normalized spacial score (nSPS) is 19.7. The van der Waals surface area contributed by atoms with E-state index in [0.717, 1.165) is 12.0 Å². The molecule has 23 heavy (non-hydrogen) atoms. The first-order chi connectivity index (χ1) is 10.9. The number of likely N-dealkylation sites (N-methyl/N-ethyl adjacent to an activating group) is 1. The number of sulfone groups is 1. The van der Waals surface area contributed by atoms with Crippen molar-refractivity contribution in [1.29, 1.82) is 0 Å². The topological polar surface area (TPSA) is 66.5 Å². The zero-order chi connectivity index (χ0) is 16.9. The van der Waals surface area contributed by atoms with Gasteiger partial charge in [0, 0.05) is 17.6 Å². The quantitative estimate of drug-likeness (QED) is 0.750. The van der Waals surface area contributed by atoms with E-state index in [1.165, 1.54) is 0 Å². The summed E-state index contributed by atoms with van der Waals surface area (Å²) in [6, 6.07) is 7.46. The van der Waals surface area contributed by atoms with E-state index in [1.807, 2.05) is 31.2 Å². The van der Waals surface area contributed by atoms with E-state index in [1.54, 1.807) is 4.90 Å². The van der Waals surface area contributed by atoms with E-state index in [9.17, 15) is 13.2 Å². The van der Waals surface area contributed by atoms with Gasteiger partial charge < -0.3 is 10.2 Å². The van der Waals surface area contributed by atoms with Crippen LogP contribution in [0.3, 0.4) is 0 Å². The van der Waals surface area contributed by atoms with Gasteiger partial charge in [-0.05, 0) is 44.0 Å². The fraction of sp³-hybridized carbons (Fsp3) is 0.562. The molecule has 1 amide bonds. The molecule has 0 aliphatic carbocycles. The second-order valence-corrected chi connectivity index (χ2v) is 8.46. The van der Waals surface area contributed by atoms with Gasteiger partial charge in [0.25, 0.3) is 0 Å². The number of carbonyl (C=O) groups excluding carboxylic acids is 1. The number of nitrogens with one attached hydrogen (secondary N) is 1. The number of hydrogen-bond donors (Lipinski definition) is 1. The number of halogens is 1. The lowest BCUT2D eigenvalue weighted by molar-refractivity contribution is -0.131. The molecule has 2 rings (SSSR count). The monoisotopic (exact) mass is 358 g/mol. The van der Waals surface area contributed by atoms with Crippen molar-refractivity contribution in [3.8, 4) is 0 Å².